The van der Waals surface area contributed by atoms with Crippen LogP contribution in [0.3, 0.4) is 0 Å². The first kappa shape index (κ1) is 73.2. The molecule has 0 radical (unpaired) electrons. The lowest BCUT2D eigenvalue weighted by Crippen LogP contribution is -1.98. The topological polar surface area (TPSA) is 104 Å². The Labute approximate surface area is 706 Å². The second kappa shape index (κ2) is 32.6. The van der Waals surface area contributed by atoms with Crippen LogP contribution in [-0.2, 0) is 0 Å². The lowest BCUT2D eigenvalue weighted by Gasteiger charge is -2.15. The summed E-state index contributed by atoms with van der Waals surface area (Å²) < 4.78 is 12.3. The molecule has 572 valence electrons. The lowest BCUT2D eigenvalue weighted by molar-refractivity contribution is 0.668. The molecule has 122 heavy (non-hydrogen) atoms. The monoisotopic (exact) mass is 1560 g/mol. The molecule has 0 amide bonds. The number of para-hydroxylation sites is 2. The van der Waals surface area contributed by atoms with Crippen LogP contribution in [0.1, 0.15) is 0 Å². The molecule has 22 rings (SSSR count). The number of fused-ring (bicyclic) bond motifs is 6. The molecule has 6 aromatic heterocycles. The van der Waals surface area contributed by atoms with E-state index in [2.05, 4.69) is 328 Å². The van der Waals surface area contributed by atoms with Gasteiger partial charge in [0.05, 0.1) is 45.6 Å². The van der Waals surface area contributed by atoms with E-state index in [1.165, 1.54) is 0 Å². The van der Waals surface area contributed by atoms with Crippen molar-refractivity contribution in [3.63, 3.8) is 0 Å². The Kier molecular flexibility index (Phi) is 19.6. The summed E-state index contributed by atoms with van der Waals surface area (Å²) in [6, 6.07) is 156. The van der Waals surface area contributed by atoms with E-state index in [4.69, 9.17) is 38.7 Å². The maximum atomic E-state index is 6.14. The summed E-state index contributed by atoms with van der Waals surface area (Å²) >= 11 is 0. The molecule has 0 aliphatic heterocycles. The van der Waals surface area contributed by atoms with Crippen LogP contribution in [0.15, 0.2) is 458 Å². The third-order valence-corrected chi connectivity index (χ3v) is 22.6. The quantitative estimate of drug-likeness (QED) is 0.0942. The van der Waals surface area contributed by atoms with Gasteiger partial charge in [-0.3, -0.25) is 0 Å². The second-order valence-electron chi connectivity index (χ2n) is 30.5. The highest BCUT2D eigenvalue weighted by Gasteiger charge is 2.21. The molecule has 16 aromatic carbocycles. The highest BCUT2D eigenvalue weighted by molar-refractivity contribution is 6.08. The van der Waals surface area contributed by atoms with Gasteiger partial charge in [-0.25, -0.2) is 29.9 Å². The van der Waals surface area contributed by atoms with E-state index in [0.717, 1.165) is 212 Å². The zero-order chi connectivity index (χ0) is 81.1. The summed E-state index contributed by atoms with van der Waals surface area (Å²) in [5, 5.41) is 4.48. The van der Waals surface area contributed by atoms with Crippen LogP contribution in [0.5, 0.6) is 0 Å². The fourth-order valence-electron chi connectivity index (χ4n) is 16.3. The zero-order valence-corrected chi connectivity index (χ0v) is 66.2. The minimum Gasteiger partial charge on any atom is -0.456 e. The molecule has 0 saturated heterocycles. The molecule has 0 aliphatic rings. The van der Waals surface area contributed by atoms with Gasteiger partial charge >= 0.3 is 0 Å². The normalized spacial score (nSPS) is 11.3. The van der Waals surface area contributed by atoms with Crippen molar-refractivity contribution in [1.82, 2.24) is 29.9 Å². The third-order valence-electron chi connectivity index (χ3n) is 22.6. The Morgan fingerprint density at radius 3 is 0.623 bits per heavy atom. The van der Waals surface area contributed by atoms with Crippen molar-refractivity contribution < 1.29 is 8.83 Å². The Hall–Kier alpha value is -16.4. The summed E-state index contributed by atoms with van der Waals surface area (Å²) in [5.41, 5.74) is 34.1. The maximum Gasteiger partial charge on any atom is 0.160 e. The fraction of sp³-hybridized carbons (Fsp3) is 0. The maximum absolute atomic E-state index is 6.14. The van der Waals surface area contributed by atoms with Gasteiger partial charge in [0, 0.05) is 77.2 Å². The Bertz CT molecular complexity index is 6580. The third kappa shape index (κ3) is 15.2. The van der Waals surface area contributed by atoms with Crippen LogP contribution in [0.4, 0.5) is 0 Å². The van der Waals surface area contributed by atoms with Crippen molar-refractivity contribution in [3.8, 4) is 180 Å². The molecule has 0 atom stereocenters. The molecule has 0 bridgehead atoms. The fourth-order valence-corrected chi connectivity index (χ4v) is 16.3. The van der Waals surface area contributed by atoms with Crippen LogP contribution in [-0.4, -0.2) is 29.9 Å². The number of nitrogens with zero attached hydrogens (tertiary/aromatic N) is 6. The van der Waals surface area contributed by atoms with Gasteiger partial charge in [0.2, 0.25) is 0 Å². The number of pyridine rings is 2. The van der Waals surface area contributed by atoms with Gasteiger partial charge in [-0.15, -0.1) is 0 Å². The van der Waals surface area contributed by atoms with Crippen molar-refractivity contribution in [3.05, 3.63) is 449 Å². The molecule has 0 unspecified atom stereocenters. The van der Waals surface area contributed by atoms with E-state index >= 15 is 0 Å². The zero-order valence-electron chi connectivity index (χ0n) is 66.2. The van der Waals surface area contributed by atoms with Crippen LogP contribution >= 0.6 is 0 Å². The number of rotatable bonds is 16. The van der Waals surface area contributed by atoms with Gasteiger partial charge in [0.25, 0.3) is 0 Å². The molecule has 8 heteroatoms. The van der Waals surface area contributed by atoms with Gasteiger partial charge in [-0.05, 0) is 176 Å². The van der Waals surface area contributed by atoms with Gasteiger partial charge in [-0.2, -0.15) is 0 Å². The van der Waals surface area contributed by atoms with Crippen LogP contribution < -0.4 is 0 Å². The Morgan fingerprint density at radius 1 is 0.115 bits per heavy atom. The summed E-state index contributed by atoms with van der Waals surface area (Å²) in [5.74, 6) is 1.32. The standard InChI is InChI=1S/C58H38N2O.C56H36N4O/c1-5-15-41(16-6-1)53-35-49(36-54(59-53)42-17-7-2-8-18-42)47-31-46(40-27-25-39(26-28-40)45-29-30-58-52(34-45)51-23-13-14-24-57(51)61-58)32-48(33-47)50-37-55(43-19-9-3-10-20-43)60-56(38-50)44-21-11-4-12-22-44;1-5-15-39(16-6-1)49-35-51(59-55(57-49)41-19-9-3-10-20-41)45-31-44(38-27-25-37(26-28-38)43-29-30-54-48(34-43)47-23-13-14-24-53(47)61-54)32-46(33-45)52-36-50(40-17-7-2-8-18-40)58-56(60-52)42-21-11-4-12-22-42/h1-38H;1-36H. The predicted octanol–water partition coefficient (Wildman–Crippen LogP) is 30.2. The van der Waals surface area contributed by atoms with Crippen molar-refractivity contribution in [2.24, 2.45) is 0 Å². The number of hydrogen-bond acceptors (Lipinski definition) is 8. The average Bonchev–Trinajstić information content (AvgIpc) is 1.78. The first-order valence-corrected chi connectivity index (χ1v) is 41.0. The summed E-state index contributed by atoms with van der Waals surface area (Å²) in [4.78, 5) is 31.1. The van der Waals surface area contributed by atoms with Crippen molar-refractivity contribution >= 4 is 43.9 Å². The Balaban J connectivity index is 0.000000150. The van der Waals surface area contributed by atoms with Crippen LogP contribution in [0.25, 0.3) is 223 Å². The molecule has 0 fully saturated rings. The van der Waals surface area contributed by atoms with E-state index in [9.17, 15) is 0 Å². The molecule has 8 nitrogen and oxygen atoms in total. The van der Waals surface area contributed by atoms with Gasteiger partial charge < -0.3 is 8.83 Å². The first-order valence-electron chi connectivity index (χ1n) is 41.0. The van der Waals surface area contributed by atoms with Gasteiger partial charge in [0.1, 0.15) is 22.3 Å². The van der Waals surface area contributed by atoms with Gasteiger partial charge in [0.15, 0.2) is 11.6 Å². The van der Waals surface area contributed by atoms with E-state index in [1.807, 2.05) is 121 Å². The molecule has 0 saturated carbocycles. The SMILES string of the molecule is c1ccc(-c2cc(-c3cc(-c4ccc(-c5ccc6oc7ccccc7c6c5)cc4)cc(-c4cc(-c5ccccc5)nc(-c5ccccc5)c4)c3)cc(-c3ccccc3)n2)cc1.c1ccc(-c2cc(-c3cc(-c4ccc(-c5ccc6oc7ccccc7c6c5)cc4)cc(-c4cc(-c5ccccc5)nc(-c5ccccc5)n4)c3)nc(-c3ccccc3)n2)cc1. The molecular weight excluding hydrogens is 1490 g/mol. The number of aromatic nitrogens is 6. The highest BCUT2D eigenvalue weighted by Crippen LogP contribution is 2.43. The van der Waals surface area contributed by atoms with Crippen molar-refractivity contribution in [1.29, 1.82) is 0 Å². The van der Waals surface area contributed by atoms with Crippen LogP contribution in [0, 0.1) is 0 Å². The number of benzene rings is 16. The number of furan rings is 2. The molecule has 22 aromatic rings. The highest BCUT2D eigenvalue weighted by atomic mass is 16.3. The van der Waals surface area contributed by atoms with E-state index in [-0.39, 0.29) is 0 Å². The molecule has 0 spiro atoms. The first-order chi connectivity index (χ1) is 60.4. The second-order valence-corrected chi connectivity index (χ2v) is 30.5. The minimum atomic E-state index is 0.662. The van der Waals surface area contributed by atoms with Crippen molar-refractivity contribution in [2.45, 2.75) is 0 Å². The van der Waals surface area contributed by atoms with Crippen LogP contribution in [0.2, 0.25) is 0 Å². The van der Waals surface area contributed by atoms with E-state index in [0.29, 0.717) is 11.6 Å². The minimum absolute atomic E-state index is 0.662. The summed E-state index contributed by atoms with van der Waals surface area (Å²) in [6.07, 6.45) is 0. The molecular formula is C114H74N6O2. The molecule has 0 aliphatic carbocycles. The van der Waals surface area contributed by atoms with E-state index in [1.54, 1.807) is 0 Å². The summed E-state index contributed by atoms with van der Waals surface area (Å²) in [7, 11) is 0. The van der Waals surface area contributed by atoms with Gasteiger partial charge in [-0.1, -0.05) is 340 Å². The number of hydrogen-bond donors (Lipinski definition) is 0. The van der Waals surface area contributed by atoms with Crippen molar-refractivity contribution in [2.75, 3.05) is 0 Å². The molecule has 6 heterocycles. The molecule has 0 N–H and O–H groups in total. The van der Waals surface area contributed by atoms with E-state index < -0.39 is 0 Å². The predicted molar refractivity (Wildman–Crippen MR) is 501 cm³/mol. The lowest BCUT2D eigenvalue weighted by atomic mass is 9.91. The average molecular weight is 1560 g/mol. The Morgan fingerprint density at radius 2 is 0.320 bits per heavy atom. The smallest absolute Gasteiger partial charge is 0.160 e. The summed E-state index contributed by atoms with van der Waals surface area (Å²) in [6.45, 7) is 0. The largest absolute Gasteiger partial charge is 0.456 e.